The molecule has 2 aliphatic heterocycles. The lowest BCUT2D eigenvalue weighted by Crippen LogP contribution is -2.50. The number of fused-ring (bicyclic) bond motifs is 1. The first-order valence-electron chi connectivity index (χ1n) is 11.9. The number of methoxy groups -OCH3 is 1. The fourth-order valence-electron chi connectivity index (χ4n) is 4.48. The van der Waals surface area contributed by atoms with Gasteiger partial charge in [0.15, 0.2) is 0 Å². The number of likely N-dealkylation sites (N-methyl/N-ethyl adjacent to an activating group) is 1. The molecule has 3 rings (SSSR count). The van der Waals surface area contributed by atoms with E-state index < -0.39 is 16.1 Å². The molecule has 8 nitrogen and oxygen atoms in total. The highest BCUT2D eigenvalue weighted by molar-refractivity contribution is 7.89. The van der Waals surface area contributed by atoms with Crippen molar-refractivity contribution in [1.29, 1.82) is 0 Å². The molecule has 1 N–H and O–H groups in total. The van der Waals surface area contributed by atoms with Crippen molar-refractivity contribution >= 4 is 10.0 Å². The largest absolute Gasteiger partial charge is 0.487 e. The topological polar surface area (TPSA) is 88.5 Å². The van der Waals surface area contributed by atoms with Crippen LogP contribution in [-0.2, 0) is 19.5 Å². The number of ether oxygens (including phenoxy) is 3. The van der Waals surface area contributed by atoms with E-state index >= 15 is 0 Å². The predicted octanol–water partition coefficient (Wildman–Crippen LogP) is 1.81. The van der Waals surface area contributed by atoms with Gasteiger partial charge < -0.3 is 24.2 Å². The lowest BCUT2D eigenvalue weighted by atomic mass is 9.98. The van der Waals surface area contributed by atoms with Crippen LogP contribution in [0.15, 0.2) is 23.1 Å². The van der Waals surface area contributed by atoms with Gasteiger partial charge >= 0.3 is 0 Å². The third kappa shape index (κ3) is 6.72. The summed E-state index contributed by atoms with van der Waals surface area (Å²) >= 11 is 0. The Morgan fingerprint density at radius 2 is 2.03 bits per heavy atom. The highest BCUT2D eigenvalue weighted by Crippen LogP contribution is 2.34. The molecule has 1 aromatic rings. The van der Waals surface area contributed by atoms with Crippen LogP contribution in [0.25, 0.3) is 0 Å². The van der Waals surface area contributed by atoms with Crippen molar-refractivity contribution in [3.8, 4) is 17.6 Å². The van der Waals surface area contributed by atoms with Gasteiger partial charge in [-0.15, -0.1) is 0 Å². The van der Waals surface area contributed by atoms with E-state index in [1.807, 2.05) is 6.92 Å². The smallest absolute Gasteiger partial charge is 0.247 e. The number of benzene rings is 1. The standard InChI is InChI=1S/C25H38N2O6S/c1-19-15-27(20(2)18-28)34(29,30)25-8-7-21(6-5-11-31-4)14-23(25)33-24(19)17-26(3)16-22-9-12-32-13-10-22/h7-8,14,19-20,22,24,28H,9-13,15-18H2,1-4H3/t19-,20-,24+/m0/s1. The number of rotatable bonds is 7. The third-order valence-corrected chi connectivity index (χ3v) is 8.54. The van der Waals surface area contributed by atoms with Crippen molar-refractivity contribution < 1.29 is 27.7 Å². The highest BCUT2D eigenvalue weighted by atomic mass is 32.2. The second-order valence-corrected chi connectivity index (χ2v) is 11.3. The second kappa shape index (κ2) is 12.3. The number of hydrogen-bond acceptors (Lipinski definition) is 7. The zero-order chi connectivity index (χ0) is 24.7. The van der Waals surface area contributed by atoms with Crippen LogP contribution in [0.3, 0.4) is 0 Å². The van der Waals surface area contributed by atoms with E-state index in [0.717, 1.165) is 32.6 Å². The van der Waals surface area contributed by atoms with E-state index in [-0.39, 0.29) is 36.7 Å². The molecule has 2 heterocycles. The number of nitrogens with zero attached hydrogens (tertiary/aromatic N) is 2. The van der Waals surface area contributed by atoms with Crippen LogP contribution in [0.1, 0.15) is 32.3 Å². The molecule has 0 aromatic heterocycles. The van der Waals surface area contributed by atoms with Crippen molar-refractivity contribution in [2.75, 3.05) is 60.2 Å². The molecule has 3 atom stereocenters. The van der Waals surface area contributed by atoms with Crippen LogP contribution in [0.4, 0.5) is 0 Å². The summed E-state index contributed by atoms with van der Waals surface area (Å²) in [5.74, 6) is 6.70. The quantitative estimate of drug-likeness (QED) is 0.579. The minimum Gasteiger partial charge on any atom is -0.487 e. The van der Waals surface area contributed by atoms with Gasteiger partial charge in [-0.05, 0) is 50.9 Å². The Balaban J connectivity index is 1.92. The van der Waals surface area contributed by atoms with Gasteiger partial charge in [0, 0.05) is 57.5 Å². The Morgan fingerprint density at radius 3 is 2.71 bits per heavy atom. The minimum absolute atomic E-state index is 0.0858. The summed E-state index contributed by atoms with van der Waals surface area (Å²) in [4.78, 5) is 2.38. The molecule has 190 valence electrons. The van der Waals surface area contributed by atoms with Gasteiger partial charge in [0.05, 0.1) is 6.61 Å². The molecule has 1 fully saturated rings. The molecule has 0 unspecified atom stereocenters. The first kappa shape index (κ1) is 26.9. The highest BCUT2D eigenvalue weighted by Gasteiger charge is 2.38. The lowest BCUT2D eigenvalue weighted by molar-refractivity contribution is 0.0402. The normalized spacial score (nSPS) is 24.3. The zero-order valence-electron chi connectivity index (χ0n) is 20.7. The Hall–Kier alpha value is -1.67. The Morgan fingerprint density at radius 1 is 1.29 bits per heavy atom. The van der Waals surface area contributed by atoms with Crippen LogP contribution in [0, 0.1) is 23.7 Å². The summed E-state index contributed by atoms with van der Waals surface area (Å²) in [6, 6.07) is 4.39. The summed E-state index contributed by atoms with van der Waals surface area (Å²) in [6.45, 7) is 7.26. The molecule has 0 amide bonds. The zero-order valence-corrected chi connectivity index (χ0v) is 21.5. The fourth-order valence-corrected chi connectivity index (χ4v) is 6.31. The van der Waals surface area contributed by atoms with Crippen LogP contribution in [0.2, 0.25) is 0 Å². The van der Waals surface area contributed by atoms with Crippen molar-refractivity contribution in [2.45, 2.75) is 43.7 Å². The monoisotopic (exact) mass is 494 g/mol. The summed E-state index contributed by atoms with van der Waals surface area (Å²) in [6.07, 6.45) is 1.88. The van der Waals surface area contributed by atoms with Crippen molar-refractivity contribution in [3.63, 3.8) is 0 Å². The fraction of sp³-hybridized carbons (Fsp3) is 0.680. The summed E-state index contributed by atoms with van der Waals surface area (Å²) in [5, 5.41) is 9.79. The SMILES string of the molecule is COCC#Cc1ccc2c(c1)O[C@H](CN(C)CC1CCOCC1)[C@@H](C)CN([C@@H](C)CO)S2(=O)=O. The summed E-state index contributed by atoms with van der Waals surface area (Å²) in [7, 11) is -0.195. The number of aliphatic hydroxyl groups excluding tert-OH is 1. The second-order valence-electron chi connectivity index (χ2n) is 9.41. The van der Waals surface area contributed by atoms with Gasteiger partial charge in [0.1, 0.15) is 23.4 Å². The molecule has 9 heteroatoms. The van der Waals surface area contributed by atoms with Gasteiger partial charge in [0.2, 0.25) is 10.0 Å². The van der Waals surface area contributed by atoms with E-state index in [2.05, 4.69) is 23.8 Å². The van der Waals surface area contributed by atoms with Gasteiger partial charge in [-0.25, -0.2) is 8.42 Å². The van der Waals surface area contributed by atoms with E-state index in [1.54, 1.807) is 32.2 Å². The minimum atomic E-state index is -3.86. The average molecular weight is 495 g/mol. The van der Waals surface area contributed by atoms with E-state index in [0.29, 0.717) is 23.8 Å². The molecule has 0 radical (unpaired) electrons. The Bertz CT molecular complexity index is 967. The van der Waals surface area contributed by atoms with Crippen LogP contribution < -0.4 is 4.74 Å². The van der Waals surface area contributed by atoms with E-state index in [4.69, 9.17) is 14.2 Å². The van der Waals surface area contributed by atoms with Crippen LogP contribution in [-0.4, -0.2) is 95.1 Å². The van der Waals surface area contributed by atoms with Crippen molar-refractivity contribution in [2.24, 2.45) is 11.8 Å². The first-order valence-corrected chi connectivity index (χ1v) is 13.4. The maximum absolute atomic E-state index is 13.5. The third-order valence-electron chi connectivity index (χ3n) is 6.52. The van der Waals surface area contributed by atoms with E-state index in [9.17, 15) is 13.5 Å². The lowest BCUT2D eigenvalue weighted by Gasteiger charge is -2.38. The maximum Gasteiger partial charge on any atom is 0.247 e. The number of sulfonamides is 1. The van der Waals surface area contributed by atoms with Crippen LogP contribution in [0.5, 0.6) is 5.75 Å². The molecule has 34 heavy (non-hydrogen) atoms. The first-order chi connectivity index (χ1) is 16.3. The van der Waals surface area contributed by atoms with Gasteiger partial charge in [-0.1, -0.05) is 18.8 Å². The maximum atomic E-state index is 13.5. The number of hydrogen-bond donors (Lipinski definition) is 1. The summed E-state index contributed by atoms with van der Waals surface area (Å²) < 4.78 is 45.4. The molecular weight excluding hydrogens is 456 g/mol. The van der Waals surface area contributed by atoms with Gasteiger partial charge in [-0.2, -0.15) is 4.31 Å². The molecule has 0 spiro atoms. The molecule has 0 aliphatic carbocycles. The van der Waals surface area contributed by atoms with Crippen molar-refractivity contribution in [1.82, 2.24) is 9.21 Å². The van der Waals surface area contributed by atoms with Gasteiger partial charge in [0.25, 0.3) is 0 Å². The molecule has 0 saturated carbocycles. The predicted molar refractivity (Wildman–Crippen MR) is 130 cm³/mol. The average Bonchev–Trinajstić information content (AvgIpc) is 2.81. The number of aliphatic hydroxyl groups is 1. The Labute approximate surface area is 204 Å². The van der Waals surface area contributed by atoms with E-state index in [1.165, 1.54) is 4.31 Å². The molecular formula is C25H38N2O6S. The molecule has 1 saturated heterocycles. The van der Waals surface area contributed by atoms with Gasteiger partial charge in [-0.3, -0.25) is 0 Å². The van der Waals surface area contributed by atoms with Crippen LogP contribution >= 0.6 is 0 Å². The molecule has 2 aliphatic rings. The summed E-state index contributed by atoms with van der Waals surface area (Å²) in [5.41, 5.74) is 0.662. The molecule has 0 bridgehead atoms. The molecule has 1 aromatic carbocycles. The van der Waals surface area contributed by atoms with Crippen molar-refractivity contribution in [3.05, 3.63) is 23.8 Å². The Kier molecular flexibility index (Phi) is 9.77.